The summed E-state index contributed by atoms with van der Waals surface area (Å²) in [6.45, 7) is 7.32. The van der Waals surface area contributed by atoms with Crippen LogP contribution in [0.5, 0.6) is 0 Å². The largest absolute Gasteiger partial charge is 0.0622 e. The van der Waals surface area contributed by atoms with Gasteiger partial charge in [0.1, 0.15) is 0 Å². The fourth-order valence-electron chi connectivity index (χ4n) is 3.02. The zero-order valence-electron chi connectivity index (χ0n) is 8.06. The average Bonchev–Trinajstić information content (AvgIpc) is 2.67. The van der Waals surface area contributed by atoms with Gasteiger partial charge < -0.3 is 0 Å². The van der Waals surface area contributed by atoms with Crippen LogP contribution in [0.4, 0.5) is 0 Å². The smallest absolute Gasteiger partial charge is 0.0272 e. The summed E-state index contributed by atoms with van der Waals surface area (Å²) in [6, 6.07) is 0. The van der Waals surface area contributed by atoms with Crippen molar-refractivity contribution in [3.05, 3.63) is 0 Å². The van der Waals surface area contributed by atoms with Gasteiger partial charge in [0.25, 0.3) is 0 Å². The first-order valence-electron chi connectivity index (χ1n) is 5.14. The summed E-state index contributed by atoms with van der Waals surface area (Å²) in [5.41, 5.74) is 0.711. The molecule has 2 fully saturated rings. The number of hydrogen-bond acceptors (Lipinski definition) is 0. The van der Waals surface area contributed by atoms with Crippen LogP contribution in [0.1, 0.15) is 46.5 Å². The molecule has 0 radical (unpaired) electrons. The Kier molecular flexibility index (Phi) is 1.56. The van der Waals surface area contributed by atoms with E-state index in [1.807, 2.05) is 0 Å². The molecule has 0 aromatic heterocycles. The molecule has 0 N–H and O–H groups in total. The lowest BCUT2D eigenvalue weighted by Crippen LogP contribution is -2.29. The quantitative estimate of drug-likeness (QED) is 0.539. The van der Waals surface area contributed by atoms with Gasteiger partial charge in [0, 0.05) is 0 Å². The number of hydrogen-bond donors (Lipinski definition) is 0. The highest BCUT2D eigenvalue weighted by Crippen LogP contribution is 2.61. The van der Waals surface area contributed by atoms with Crippen molar-refractivity contribution in [1.29, 1.82) is 0 Å². The maximum atomic E-state index is 2.52. The molecular formula is C11H20. The van der Waals surface area contributed by atoms with Gasteiger partial charge in [0.15, 0.2) is 0 Å². The fourth-order valence-corrected chi connectivity index (χ4v) is 3.02. The Morgan fingerprint density at radius 1 is 1.36 bits per heavy atom. The highest BCUT2D eigenvalue weighted by Gasteiger charge is 2.52. The first-order valence-corrected chi connectivity index (χ1v) is 5.14. The van der Waals surface area contributed by atoms with Crippen molar-refractivity contribution in [2.45, 2.75) is 46.5 Å². The van der Waals surface area contributed by atoms with E-state index in [0.717, 1.165) is 17.8 Å². The van der Waals surface area contributed by atoms with Crippen LogP contribution in [0.25, 0.3) is 0 Å². The van der Waals surface area contributed by atoms with E-state index in [2.05, 4.69) is 20.8 Å². The molecule has 3 unspecified atom stereocenters. The van der Waals surface area contributed by atoms with Crippen molar-refractivity contribution in [3.63, 3.8) is 0 Å². The van der Waals surface area contributed by atoms with Gasteiger partial charge in [-0.15, -0.1) is 0 Å². The Balaban J connectivity index is 2.11. The van der Waals surface area contributed by atoms with E-state index in [-0.39, 0.29) is 0 Å². The molecule has 2 rings (SSSR count). The summed E-state index contributed by atoms with van der Waals surface area (Å²) in [5.74, 6) is 3.14. The number of rotatable bonds is 1. The molecule has 2 saturated carbocycles. The van der Waals surface area contributed by atoms with Gasteiger partial charge in [-0.3, -0.25) is 0 Å². The van der Waals surface area contributed by atoms with Gasteiger partial charge in [-0.2, -0.15) is 0 Å². The summed E-state index contributed by atoms with van der Waals surface area (Å²) < 4.78 is 0. The van der Waals surface area contributed by atoms with Crippen LogP contribution in [-0.2, 0) is 0 Å². The van der Waals surface area contributed by atoms with Crippen LogP contribution in [0.15, 0.2) is 0 Å². The van der Waals surface area contributed by atoms with Crippen LogP contribution in [0.2, 0.25) is 0 Å². The van der Waals surface area contributed by atoms with E-state index in [4.69, 9.17) is 0 Å². The number of fused-ring (bicyclic) bond motifs is 1. The third kappa shape index (κ3) is 1.02. The zero-order chi connectivity index (χ0) is 8.06. The molecule has 0 amide bonds. The lowest BCUT2D eigenvalue weighted by atomic mass is 9.68. The molecule has 0 heteroatoms. The standard InChI is InChI=1S/C11H20/c1-8(2)11(3)6-4-5-9-7-10(9)11/h8-10H,4-7H2,1-3H3. The first kappa shape index (κ1) is 7.64. The molecule has 0 aliphatic heterocycles. The van der Waals surface area contributed by atoms with Crippen molar-refractivity contribution in [2.75, 3.05) is 0 Å². The van der Waals surface area contributed by atoms with Crippen molar-refractivity contribution in [3.8, 4) is 0 Å². The SMILES string of the molecule is CC(C)C1(C)CCCC2CC21. The zero-order valence-corrected chi connectivity index (χ0v) is 8.06. The minimum atomic E-state index is 0.711. The van der Waals surface area contributed by atoms with Gasteiger partial charge in [-0.1, -0.05) is 33.6 Å². The first-order chi connectivity index (χ1) is 5.14. The lowest BCUT2D eigenvalue weighted by Gasteiger charge is -2.37. The lowest BCUT2D eigenvalue weighted by molar-refractivity contribution is 0.122. The Morgan fingerprint density at radius 2 is 2.09 bits per heavy atom. The van der Waals surface area contributed by atoms with Gasteiger partial charge in [-0.05, 0) is 36.0 Å². The van der Waals surface area contributed by atoms with Crippen LogP contribution < -0.4 is 0 Å². The van der Waals surface area contributed by atoms with Crippen LogP contribution in [-0.4, -0.2) is 0 Å². The summed E-state index contributed by atoms with van der Waals surface area (Å²) in [4.78, 5) is 0. The Labute approximate surface area is 70.4 Å². The van der Waals surface area contributed by atoms with Gasteiger partial charge in [0.05, 0.1) is 0 Å². The van der Waals surface area contributed by atoms with Crippen LogP contribution in [0, 0.1) is 23.2 Å². The molecule has 0 saturated heterocycles. The summed E-state index contributed by atoms with van der Waals surface area (Å²) in [6.07, 6.45) is 6.07. The maximum Gasteiger partial charge on any atom is -0.0272 e. The second kappa shape index (κ2) is 2.24. The summed E-state index contributed by atoms with van der Waals surface area (Å²) >= 11 is 0. The van der Waals surface area contributed by atoms with E-state index in [0.29, 0.717) is 5.41 Å². The molecule has 0 spiro atoms. The molecule has 0 nitrogen and oxygen atoms in total. The Morgan fingerprint density at radius 3 is 2.64 bits per heavy atom. The van der Waals surface area contributed by atoms with E-state index in [1.165, 1.54) is 19.3 Å². The fraction of sp³-hybridized carbons (Fsp3) is 1.00. The molecule has 0 aromatic carbocycles. The molecule has 3 atom stereocenters. The molecule has 0 aromatic rings. The predicted octanol–water partition coefficient (Wildman–Crippen LogP) is 3.47. The molecule has 0 heterocycles. The monoisotopic (exact) mass is 152 g/mol. The Bertz CT molecular complexity index is 159. The van der Waals surface area contributed by atoms with Crippen molar-refractivity contribution in [2.24, 2.45) is 23.2 Å². The van der Waals surface area contributed by atoms with Crippen molar-refractivity contribution < 1.29 is 0 Å². The molecule has 64 valence electrons. The summed E-state index contributed by atoms with van der Waals surface area (Å²) in [5, 5.41) is 0. The topological polar surface area (TPSA) is 0 Å². The van der Waals surface area contributed by atoms with E-state index in [1.54, 1.807) is 6.42 Å². The molecule has 11 heavy (non-hydrogen) atoms. The van der Waals surface area contributed by atoms with E-state index < -0.39 is 0 Å². The van der Waals surface area contributed by atoms with Crippen molar-refractivity contribution in [1.82, 2.24) is 0 Å². The maximum absolute atomic E-state index is 2.52. The minimum Gasteiger partial charge on any atom is -0.0622 e. The highest BCUT2D eigenvalue weighted by molar-refractivity contribution is 5.02. The molecule has 2 aliphatic rings. The Hall–Kier alpha value is 0. The van der Waals surface area contributed by atoms with E-state index in [9.17, 15) is 0 Å². The van der Waals surface area contributed by atoms with Crippen LogP contribution in [0.3, 0.4) is 0 Å². The van der Waals surface area contributed by atoms with E-state index >= 15 is 0 Å². The minimum absolute atomic E-state index is 0.711. The van der Waals surface area contributed by atoms with Crippen LogP contribution >= 0.6 is 0 Å². The molecular weight excluding hydrogens is 132 g/mol. The predicted molar refractivity (Wildman–Crippen MR) is 48.4 cm³/mol. The van der Waals surface area contributed by atoms with Gasteiger partial charge in [-0.25, -0.2) is 0 Å². The van der Waals surface area contributed by atoms with Crippen molar-refractivity contribution >= 4 is 0 Å². The molecule has 0 bridgehead atoms. The average molecular weight is 152 g/mol. The third-order valence-electron chi connectivity index (χ3n) is 4.38. The van der Waals surface area contributed by atoms with Gasteiger partial charge >= 0.3 is 0 Å². The van der Waals surface area contributed by atoms with Gasteiger partial charge in [0.2, 0.25) is 0 Å². The highest BCUT2D eigenvalue weighted by atomic mass is 14.6. The molecule has 2 aliphatic carbocycles. The summed E-state index contributed by atoms with van der Waals surface area (Å²) in [7, 11) is 0. The normalized spacial score (nSPS) is 49.1. The second-order valence-corrected chi connectivity index (χ2v) is 5.16. The third-order valence-corrected chi connectivity index (χ3v) is 4.38. The second-order valence-electron chi connectivity index (χ2n) is 5.16.